The number of likely N-dealkylation sites (tertiary alicyclic amines) is 4. The molecule has 78 heavy (non-hydrogen) atoms. The van der Waals surface area contributed by atoms with Gasteiger partial charge in [0.25, 0.3) is 5.91 Å². The Balaban J connectivity index is 0.000000190. The van der Waals surface area contributed by atoms with Gasteiger partial charge in [-0.1, -0.05) is 84.5 Å². The fraction of sp³-hybridized carbons (Fsp3) is 0.500. The van der Waals surface area contributed by atoms with Crippen LogP contribution in [-0.2, 0) is 30.4 Å². The van der Waals surface area contributed by atoms with Crippen molar-refractivity contribution in [3.63, 3.8) is 0 Å². The Hall–Kier alpha value is -5.28. The van der Waals surface area contributed by atoms with Crippen LogP contribution >= 0.6 is 46.4 Å². The summed E-state index contributed by atoms with van der Waals surface area (Å²) < 4.78 is 26.7. The number of nitrogens with zero attached hydrogens (tertiary/aromatic N) is 6. The molecule has 0 bridgehead atoms. The highest BCUT2D eigenvalue weighted by Gasteiger charge is 2.50. The summed E-state index contributed by atoms with van der Waals surface area (Å²) in [5.74, 6) is -0.976. The van der Waals surface area contributed by atoms with Crippen molar-refractivity contribution >= 4 is 81.8 Å². The van der Waals surface area contributed by atoms with E-state index in [4.69, 9.17) is 46.4 Å². The maximum absolute atomic E-state index is 13.7. The molecule has 18 heteroatoms. The molecule has 10 rings (SSSR count). The first-order valence-electron chi connectivity index (χ1n) is 27.2. The average Bonchev–Trinajstić information content (AvgIpc) is 4.30. The maximum atomic E-state index is 13.7. The van der Waals surface area contributed by atoms with Crippen LogP contribution < -0.4 is 0 Å². The van der Waals surface area contributed by atoms with Gasteiger partial charge in [-0.15, -0.1) is 0 Å². The number of likely N-dealkylation sites (N-methyl/N-ethyl adjacent to an activating group) is 2. The molecule has 416 valence electrons. The van der Waals surface area contributed by atoms with E-state index in [1.54, 1.807) is 54.2 Å². The van der Waals surface area contributed by atoms with E-state index < -0.39 is 5.82 Å². The normalized spacial score (nSPS) is 22.6. The zero-order chi connectivity index (χ0) is 55.8. The van der Waals surface area contributed by atoms with Crippen LogP contribution in [0.25, 0.3) is 0 Å². The molecule has 0 N–H and O–H groups in total. The van der Waals surface area contributed by atoms with Crippen molar-refractivity contribution in [2.75, 3.05) is 66.5 Å². The lowest BCUT2D eigenvalue weighted by atomic mass is 9.93. The summed E-state index contributed by atoms with van der Waals surface area (Å²) in [5.41, 5.74) is 2.72. The smallest absolute Gasteiger partial charge is 0.253 e. The Morgan fingerprint density at radius 1 is 0.526 bits per heavy atom. The Labute approximate surface area is 476 Å². The zero-order valence-corrected chi connectivity index (χ0v) is 47.7. The molecule has 4 unspecified atom stereocenters. The minimum Gasteiger partial charge on any atom is -0.342 e. The van der Waals surface area contributed by atoms with Gasteiger partial charge < -0.3 is 29.4 Å². The van der Waals surface area contributed by atoms with Gasteiger partial charge in [-0.3, -0.25) is 28.8 Å². The standard InChI is InChI=1S/C31H36Cl2FN3O3.C29H32Cl2FN3O3/c1-31(13-14-31)30(40)36-15-11-21(12-16-36)29(39)37-18-24(22-6-9-25(32)26(33)17-22)27(19-37)35(2)28(38)10-5-20-3-7-23(34)8-4-20;1-29(11-12-29)28(38)34-13-9-19(10-14-34)27(37)35-16-22(20-5-8-23(30)24(31)15-20)25(17-35)33(2)26(36)18-3-6-21(32)7-4-18/h3-4,6-9,17,21,24,27H,5,10-16,18-19H2,1-2H3;3-8,15,19,22,25H,9-14,16-17H2,1-2H3. The molecule has 2 aliphatic carbocycles. The lowest BCUT2D eigenvalue weighted by molar-refractivity contribution is -0.142. The molecular weight excluding hydrogens is 1080 g/mol. The largest absolute Gasteiger partial charge is 0.342 e. The summed E-state index contributed by atoms with van der Waals surface area (Å²) in [6.45, 7) is 8.20. The molecule has 4 saturated heterocycles. The summed E-state index contributed by atoms with van der Waals surface area (Å²) in [5, 5.41) is 1.75. The van der Waals surface area contributed by atoms with E-state index in [0.29, 0.717) is 110 Å². The van der Waals surface area contributed by atoms with Gasteiger partial charge >= 0.3 is 0 Å². The molecule has 4 aromatic rings. The van der Waals surface area contributed by atoms with Gasteiger partial charge in [0.15, 0.2) is 0 Å². The number of amides is 6. The minimum absolute atomic E-state index is 0.0333. The molecular formula is C60H68Cl4F2N6O6. The summed E-state index contributed by atoms with van der Waals surface area (Å²) in [7, 11) is 3.51. The third-order valence-corrected chi connectivity index (χ3v) is 19.1. The number of benzene rings is 4. The highest BCUT2D eigenvalue weighted by Crippen LogP contribution is 2.48. The van der Waals surface area contributed by atoms with Crippen LogP contribution in [0.2, 0.25) is 20.1 Å². The van der Waals surface area contributed by atoms with Gasteiger partial charge in [-0.25, -0.2) is 8.78 Å². The fourth-order valence-electron chi connectivity index (χ4n) is 11.8. The van der Waals surface area contributed by atoms with Crippen LogP contribution in [0.4, 0.5) is 8.78 Å². The number of aryl methyl sites for hydroxylation is 1. The molecule has 4 aliphatic heterocycles. The lowest BCUT2D eigenvalue weighted by Crippen LogP contribution is -2.46. The van der Waals surface area contributed by atoms with E-state index >= 15 is 0 Å². The number of hydrogen-bond donors (Lipinski definition) is 0. The molecule has 6 aliphatic rings. The van der Waals surface area contributed by atoms with Gasteiger partial charge in [0.05, 0.1) is 32.2 Å². The van der Waals surface area contributed by atoms with Gasteiger partial charge in [0, 0.05) is 113 Å². The number of piperidine rings is 2. The minimum atomic E-state index is -0.408. The van der Waals surface area contributed by atoms with E-state index in [-0.39, 0.29) is 94.3 Å². The second kappa shape index (κ2) is 23.8. The number of carbonyl (C=O) groups excluding carboxylic acids is 6. The predicted octanol–water partition coefficient (Wildman–Crippen LogP) is 10.8. The van der Waals surface area contributed by atoms with Crippen LogP contribution in [0.1, 0.15) is 111 Å². The summed E-state index contributed by atoms with van der Waals surface area (Å²) in [4.78, 5) is 90.4. The Bertz CT molecular complexity index is 2910. The van der Waals surface area contributed by atoms with Crippen LogP contribution in [0.5, 0.6) is 0 Å². The van der Waals surface area contributed by atoms with E-state index in [0.717, 1.165) is 42.4 Å². The lowest BCUT2D eigenvalue weighted by Gasteiger charge is -2.34. The van der Waals surface area contributed by atoms with Crippen molar-refractivity contribution in [1.82, 2.24) is 29.4 Å². The molecule has 2 saturated carbocycles. The van der Waals surface area contributed by atoms with Crippen LogP contribution in [0.15, 0.2) is 84.9 Å². The average molecular weight is 1150 g/mol. The van der Waals surface area contributed by atoms with Crippen molar-refractivity contribution in [2.45, 2.75) is 102 Å². The molecule has 6 fully saturated rings. The van der Waals surface area contributed by atoms with Crippen molar-refractivity contribution < 1.29 is 37.5 Å². The SMILES string of the molecule is CN(C(=O)CCc1ccc(F)cc1)C1CN(C(=O)C2CCN(C(=O)C3(C)CC3)CC2)CC1c1ccc(Cl)c(Cl)c1.CN(C(=O)c1ccc(F)cc1)C1CN(C(=O)C2CCN(C(=O)C3(C)CC3)CC2)CC1c1ccc(Cl)c(Cl)c1. The highest BCUT2D eigenvalue weighted by atomic mass is 35.5. The Morgan fingerprint density at radius 3 is 1.32 bits per heavy atom. The first-order chi connectivity index (χ1) is 37.1. The number of rotatable bonds is 12. The number of hydrogen-bond acceptors (Lipinski definition) is 6. The summed E-state index contributed by atoms with van der Waals surface area (Å²) >= 11 is 25.0. The molecule has 12 nitrogen and oxygen atoms in total. The van der Waals surface area contributed by atoms with Gasteiger partial charge in [-0.2, -0.15) is 0 Å². The molecule has 0 aromatic heterocycles. The first kappa shape index (κ1) is 57.4. The van der Waals surface area contributed by atoms with Crippen molar-refractivity contribution in [1.29, 1.82) is 0 Å². The van der Waals surface area contributed by atoms with E-state index in [1.807, 2.05) is 51.6 Å². The van der Waals surface area contributed by atoms with E-state index in [1.165, 1.54) is 36.4 Å². The topological polar surface area (TPSA) is 122 Å². The van der Waals surface area contributed by atoms with Crippen LogP contribution in [0.3, 0.4) is 0 Å². The molecule has 6 amide bonds. The first-order valence-corrected chi connectivity index (χ1v) is 28.7. The van der Waals surface area contributed by atoms with Crippen LogP contribution in [-0.4, -0.2) is 143 Å². The number of halogens is 6. The molecule has 0 radical (unpaired) electrons. The van der Waals surface area contributed by atoms with Crippen LogP contribution in [0, 0.1) is 34.3 Å². The molecule has 0 spiro atoms. The number of carbonyl (C=O) groups is 6. The van der Waals surface area contributed by atoms with Crippen molar-refractivity contribution in [3.05, 3.63) is 139 Å². The third kappa shape index (κ3) is 12.8. The van der Waals surface area contributed by atoms with Gasteiger partial charge in [-0.05, 0) is 135 Å². The van der Waals surface area contributed by atoms with E-state index in [2.05, 4.69) is 0 Å². The predicted molar refractivity (Wildman–Crippen MR) is 298 cm³/mol. The molecule has 4 heterocycles. The monoisotopic (exact) mass is 1150 g/mol. The third-order valence-electron chi connectivity index (χ3n) is 17.6. The van der Waals surface area contributed by atoms with Gasteiger partial charge in [0.1, 0.15) is 11.6 Å². The quantitative estimate of drug-likeness (QED) is 0.139. The molecule has 4 aromatic carbocycles. The zero-order valence-electron chi connectivity index (χ0n) is 44.7. The summed E-state index contributed by atoms with van der Waals surface area (Å²) in [6, 6.07) is 22.1. The van der Waals surface area contributed by atoms with E-state index in [9.17, 15) is 37.5 Å². The van der Waals surface area contributed by atoms with Gasteiger partial charge in [0.2, 0.25) is 29.5 Å². The fourth-order valence-corrected chi connectivity index (χ4v) is 12.4. The summed E-state index contributed by atoms with van der Waals surface area (Å²) in [6.07, 6.45) is 7.18. The van der Waals surface area contributed by atoms with Crippen molar-refractivity contribution in [2.24, 2.45) is 22.7 Å². The second-order valence-corrected chi connectivity index (χ2v) is 24.6. The molecule has 4 atom stereocenters. The second-order valence-electron chi connectivity index (χ2n) is 23.0. The Kier molecular flexibility index (Phi) is 17.5. The maximum Gasteiger partial charge on any atom is 0.253 e. The highest BCUT2D eigenvalue weighted by molar-refractivity contribution is 6.42. The Morgan fingerprint density at radius 2 is 0.923 bits per heavy atom. The van der Waals surface area contributed by atoms with Crippen molar-refractivity contribution in [3.8, 4) is 0 Å².